The quantitative estimate of drug-likeness (QED) is 0.820. The van der Waals surface area contributed by atoms with Crippen molar-refractivity contribution in [1.29, 1.82) is 0 Å². The van der Waals surface area contributed by atoms with Crippen LogP contribution in [0.2, 0.25) is 0 Å². The molecule has 4 nitrogen and oxygen atoms in total. The van der Waals surface area contributed by atoms with E-state index in [9.17, 15) is 13.0 Å². The molecule has 3 N–H and O–H groups in total. The van der Waals surface area contributed by atoms with Crippen LogP contribution < -0.4 is 11.1 Å². The van der Waals surface area contributed by atoms with E-state index < -0.39 is 22.4 Å². The highest BCUT2D eigenvalue weighted by atomic mass is 32.2. The van der Waals surface area contributed by atoms with E-state index in [0.29, 0.717) is 24.1 Å². The van der Waals surface area contributed by atoms with Crippen molar-refractivity contribution in [1.82, 2.24) is 4.98 Å². The standard InChI is InChI=1S/C9H13F2N3OS/c1-2-16(15)4-3-13-9-7(11)5-6(10)8(12)14-9/h5H,2-4H2,1H3,(H3,12,13,14). The number of nitrogen functional groups attached to an aromatic ring is 1. The number of nitrogens with one attached hydrogen (secondary N) is 1. The third kappa shape index (κ3) is 3.41. The number of nitrogens with two attached hydrogens (primary N) is 1. The molecule has 7 heteroatoms. The van der Waals surface area contributed by atoms with Crippen LogP contribution in [0.3, 0.4) is 0 Å². The minimum atomic E-state index is -0.935. The first-order chi connectivity index (χ1) is 7.54. The van der Waals surface area contributed by atoms with Crippen LogP contribution in [0.1, 0.15) is 6.92 Å². The number of pyridine rings is 1. The first-order valence-corrected chi connectivity index (χ1v) is 6.23. The van der Waals surface area contributed by atoms with Gasteiger partial charge in [-0.3, -0.25) is 4.21 Å². The van der Waals surface area contributed by atoms with E-state index >= 15 is 0 Å². The van der Waals surface area contributed by atoms with Crippen molar-refractivity contribution in [2.45, 2.75) is 6.92 Å². The molecule has 1 atom stereocenters. The Hall–Kier alpha value is -1.24. The summed E-state index contributed by atoms with van der Waals surface area (Å²) in [6.07, 6.45) is 0. The summed E-state index contributed by atoms with van der Waals surface area (Å²) in [6.45, 7) is 2.10. The summed E-state index contributed by atoms with van der Waals surface area (Å²) in [5.41, 5.74) is 5.19. The maximum atomic E-state index is 13.1. The summed E-state index contributed by atoms with van der Waals surface area (Å²) in [5, 5.41) is 2.62. The topological polar surface area (TPSA) is 68.0 Å². The second kappa shape index (κ2) is 5.74. The van der Waals surface area contributed by atoms with Gasteiger partial charge >= 0.3 is 0 Å². The molecule has 0 aliphatic rings. The van der Waals surface area contributed by atoms with E-state index in [1.807, 2.05) is 0 Å². The van der Waals surface area contributed by atoms with Gasteiger partial charge in [0.25, 0.3) is 0 Å². The number of nitrogens with zero attached hydrogens (tertiary/aromatic N) is 1. The number of hydrogen-bond acceptors (Lipinski definition) is 4. The molecule has 0 bridgehead atoms. The fourth-order valence-electron chi connectivity index (χ4n) is 1.03. The van der Waals surface area contributed by atoms with Gasteiger partial charge in [-0.15, -0.1) is 0 Å². The van der Waals surface area contributed by atoms with E-state index in [0.717, 1.165) is 0 Å². The van der Waals surface area contributed by atoms with Gasteiger partial charge < -0.3 is 11.1 Å². The van der Waals surface area contributed by atoms with Crippen LogP contribution in [-0.2, 0) is 10.8 Å². The highest BCUT2D eigenvalue weighted by molar-refractivity contribution is 7.84. The number of hydrogen-bond donors (Lipinski definition) is 2. The van der Waals surface area contributed by atoms with Gasteiger partial charge in [0.2, 0.25) is 0 Å². The van der Waals surface area contributed by atoms with Gasteiger partial charge in [-0.1, -0.05) is 6.92 Å². The highest BCUT2D eigenvalue weighted by Crippen LogP contribution is 2.16. The van der Waals surface area contributed by atoms with Gasteiger partial charge in [-0.05, 0) is 0 Å². The molecule has 16 heavy (non-hydrogen) atoms. The number of aromatic nitrogens is 1. The molecule has 0 amide bonds. The molecule has 0 spiro atoms. The normalized spacial score (nSPS) is 12.4. The smallest absolute Gasteiger partial charge is 0.168 e. The zero-order chi connectivity index (χ0) is 12.1. The summed E-state index contributed by atoms with van der Waals surface area (Å²) in [4.78, 5) is 3.51. The molecule has 1 aromatic rings. The zero-order valence-corrected chi connectivity index (χ0v) is 9.61. The van der Waals surface area contributed by atoms with Gasteiger partial charge in [0.15, 0.2) is 23.3 Å². The van der Waals surface area contributed by atoms with Crippen molar-refractivity contribution in [3.63, 3.8) is 0 Å². The van der Waals surface area contributed by atoms with Gasteiger partial charge in [0.1, 0.15) is 0 Å². The van der Waals surface area contributed by atoms with Crippen LogP contribution >= 0.6 is 0 Å². The van der Waals surface area contributed by atoms with Crippen LogP contribution in [0.15, 0.2) is 6.07 Å². The lowest BCUT2D eigenvalue weighted by atomic mass is 10.4. The molecule has 0 fully saturated rings. The molecule has 0 aliphatic carbocycles. The maximum Gasteiger partial charge on any atom is 0.168 e. The van der Waals surface area contributed by atoms with Gasteiger partial charge in [-0.2, -0.15) is 0 Å². The Kier molecular flexibility index (Phi) is 4.60. The Morgan fingerprint density at radius 1 is 1.50 bits per heavy atom. The number of rotatable bonds is 5. The van der Waals surface area contributed by atoms with Crippen molar-refractivity contribution in [2.24, 2.45) is 0 Å². The first kappa shape index (κ1) is 12.8. The lowest BCUT2D eigenvalue weighted by Crippen LogP contribution is -2.14. The molecule has 1 unspecified atom stereocenters. The van der Waals surface area contributed by atoms with Crippen molar-refractivity contribution in [3.05, 3.63) is 17.7 Å². The fourth-order valence-corrected chi connectivity index (χ4v) is 1.65. The molecular formula is C9H13F2N3OS. The SMILES string of the molecule is CCS(=O)CCNc1nc(N)c(F)cc1F. The summed E-state index contributed by atoms with van der Waals surface area (Å²) < 4.78 is 37.0. The van der Waals surface area contributed by atoms with Crippen LogP contribution in [0.5, 0.6) is 0 Å². The molecule has 0 saturated heterocycles. The van der Waals surface area contributed by atoms with Crippen LogP contribution in [0.4, 0.5) is 20.4 Å². The third-order valence-corrected chi connectivity index (χ3v) is 3.20. The molecule has 1 aromatic heterocycles. The Labute approximate surface area is 94.7 Å². The monoisotopic (exact) mass is 249 g/mol. The van der Waals surface area contributed by atoms with E-state index in [1.165, 1.54) is 0 Å². The van der Waals surface area contributed by atoms with Gasteiger partial charge in [-0.25, -0.2) is 13.8 Å². The van der Waals surface area contributed by atoms with Crippen molar-refractivity contribution >= 4 is 22.4 Å². The number of anilines is 2. The first-order valence-electron chi connectivity index (χ1n) is 4.75. The molecule has 0 aromatic carbocycles. The predicted octanol–water partition coefficient (Wildman–Crippen LogP) is 1.12. The molecule has 0 saturated carbocycles. The third-order valence-electron chi connectivity index (χ3n) is 1.90. The van der Waals surface area contributed by atoms with E-state index in [4.69, 9.17) is 5.73 Å². The summed E-state index contributed by atoms with van der Waals surface area (Å²) in [5.74, 6) is -1.25. The molecule has 90 valence electrons. The lowest BCUT2D eigenvalue weighted by Gasteiger charge is -2.07. The lowest BCUT2D eigenvalue weighted by molar-refractivity contribution is 0.580. The summed E-state index contributed by atoms with van der Waals surface area (Å²) in [6, 6.07) is 0.668. The van der Waals surface area contributed by atoms with Crippen molar-refractivity contribution in [2.75, 3.05) is 29.1 Å². The van der Waals surface area contributed by atoms with E-state index in [-0.39, 0.29) is 11.6 Å². The number of halogens is 2. The predicted molar refractivity (Wildman–Crippen MR) is 60.6 cm³/mol. The second-order valence-corrected chi connectivity index (χ2v) is 4.91. The van der Waals surface area contributed by atoms with Crippen molar-refractivity contribution < 1.29 is 13.0 Å². The van der Waals surface area contributed by atoms with Crippen LogP contribution in [0.25, 0.3) is 0 Å². The zero-order valence-electron chi connectivity index (χ0n) is 8.80. The molecule has 0 radical (unpaired) electrons. The van der Waals surface area contributed by atoms with Crippen LogP contribution in [0, 0.1) is 11.6 Å². The minimum absolute atomic E-state index is 0.119. The Bertz CT molecular complexity index is 401. The van der Waals surface area contributed by atoms with Crippen LogP contribution in [-0.4, -0.2) is 27.2 Å². The fraction of sp³-hybridized carbons (Fsp3) is 0.444. The largest absolute Gasteiger partial charge is 0.381 e. The van der Waals surface area contributed by atoms with E-state index in [1.54, 1.807) is 6.92 Å². The Balaban J connectivity index is 2.60. The van der Waals surface area contributed by atoms with Crippen molar-refractivity contribution in [3.8, 4) is 0 Å². The highest BCUT2D eigenvalue weighted by Gasteiger charge is 2.09. The molecule has 1 heterocycles. The maximum absolute atomic E-state index is 13.1. The second-order valence-electron chi connectivity index (χ2n) is 3.05. The van der Waals surface area contributed by atoms with Gasteiger partial charge in [0, 0.05) is 34.9 Å². The molecule has 1 rings (SSSR count). The average Bonchev–Trinajstić information content (AvgIpc) is 2.25. The minimum Gasteiger partial charge on any atom is -0.381 e. The summed E-state index contributed by atoms with van der Waals surface area (Å²) in [7, 11) is -0.935. The molecule has 0 aliphatic heterocycles. The summed E-state index contributed by atoms with van der Waals surface area (Å²) >= 11 is 0. The Morgan fingerprint density at radius 3 is 2.81 bits per heavy atom. The van der Waals surface area contributed by atoms with E-state index in [2.05, 4.69) is 10.3 Å². The Morgan fingerprint density at radius 2 is 2.19 bits per heavy atom. The molecular weight excluding hydrogens is 236 g/mol. The van der Waals surface area contributed by atoms with Gasteiger partial charge in [0.05, 0.1) is 0 Å². The average molecular weight is 249 g/mol.